The average molecular weight is 241 g/mol. The Hall–Kier alpha value is -2.34. The fourth-order valence-electron chi connectivity index (χ4n) is 1.83. The van der Waals surface area contributed by atoms with Gasteiger partial charge in [-0.3, -0.25) is 0 Å². The molecule has 2 aromatic rings. The summed E-state index contributed by atoms with van der Waals surface area (Å²) in [5, 5.41) is 8.58. The van der Waals surface area contributed by atoms with E-state index >= 15 is 0 Å². The van der Waals surface area contributed by atoms with Gasteiger partial charge in [0.2, 0.25) is 0 Å². The van der Waals surface area contributed by atoms with E-state index in [0.29, 0.717) is 11.3 Å². The number of rotatable bonds is 3. The summed E-state index contributed by atoms with van der Waals surface area (Å²) >= 11 is 0. The van der Waals surface area contributed by atoms with E-state index in [-0.39, 0.29) is 12.2 Å². The molecule has 0 aliphatic rings. The Morgan fingerprint density at radius 1 is 1.22 bits per heavy atom. The van der Waals surface area contributed by atoms with E-state index in [0.717, 1.165) is 11.1 Å². The molecule has 0 aliphatic carbocycles. The summed E-state index contributed by atoms with van der Waals surface area (Å²) in [7, 11) is 1.58. The molecule has 90 valence electrons. The van der Waals surface area contributed by atoms with Crippen LogP contribution in [-0.2, 0) is 6.42 Å². The van der Waals surface area contributed by atoms with Crippen LogP contribution in [0.5, 0.6) is 5.75 Å². The van der Waals surface area contributed by atoms with Crippen LogP contribution in [0.1, 0.15) is 5.56 Å². The summed E-state index contributed by atoms with van der Waals surface area (Å²) in [5.41, 5.74) is 1.99. The molecule has 0 amide bonds. The maximum absolute atomic E-state index is 13.8. The molecule has 0 saturated heterocycles. The summed E-state index contributed by atoms with van der Waals surface area (Å²) in [6.07, 6.45) is 0.0814. The Bertz CT molecular complexity index is 602. The molecule has 0 heterocycles. The molecule has 3 heteroatoms. The number of halogens is 1. The Balaban J connectivity index is 2.46. The lowest BCUT2D eigenvalue weighted by Gasteiger charge is -2.09. The Kier molecular flexibility index (Phi) is 3.59. The van der Waals surface area contributed by atoms with Crippen LogP contribution in [0.25, 0.3) is 11.1 Å². The standard InChI is InChI=1S/C15H12FNO/c1-18-15-5-3-2-4-13(15)12-7-6-11(8-9-17)14(16)10-12/h2-7,10H,8H2,1H3. The van der Waals surface area contributed by atoms with Crippen molar-refractivity contribution in [2.75, 3.05) is 7.11 Å². The monoisotopic (exact) mass is 241 g/mol. The van der Waals surface area contributed by atoms with Crippen molar-refractivity contribution in [3.8, 4) is 22.9 Å². The first-order valence-corrected chi connectivity index (χ1v) is 5.55. The molecule has 0 unspecified atom stereocenters. The van der Waals surface area contributed by atoms with Gasteiger partial charge in [-0.1, -0.05) is 30.3 Å². The fraction of sp³-hybridized carbons (Fsp3) is 0.133. The molecule has 0 atom stereocenters. The van der Waals surface area contributed by atoms with Crippen molar-refractivity contribution in [3.63, 3.8) is 0 Å². The lowest BCUT2D eigenvalue weighted by Crippen LogP contribution is -1.91. The Morgan fingerprint density at radius 3 is 2.67 bits per heavy atom. The minimum atomic E-state index is -0.361. The van der Waals surface area contributed by atoms with Crippen LogP contribution in [0.3, 0.4) is 0 Å². The molecule has 0 aromatic heterocycles. The molecule has 2 rings (SSSR count). The van der Waals surface area contributed by atoms with E-state index in [1.54, 1.807) is 19.2 Å². The second kappa shape index (κ2) is 5.33. The van der Waals surface area contributed by atoms with Gasteiger partial charge in [-0.05, 0) is 17.7 Å². The van der Waals surface area contributed by atoms with Crippen LogP contribution in [0.4, 0.5) is 4.39 Å². The van der Waals surface area contributed by atoms with Crippen molar-refractivity contribution < 1.29 is 9.13 Å². The normalized spacial score (nSPS) is 9.83. The fourth-order valence-corrected chi connectivity index (χ4v) is 1.83. The van der Waals surface area contributed by atoms with Gasteiger partial charge in [0.25, 0.3) is 0 Å². The minimum Gasteiger partial charge on any atom is -0.496 e. The molecule has 18 heavy (non-hydrogen) atoms. The second-order valence-electron chi connectivity index (χ2n) is 3.84. The van der Waals surface area contributed by atoms with E-state index in [9.17, 15) is 4.39 Å². The highest BCUT2D eigenvalue weighted by molar-refractivity contribution is 5.70. The number of benzene rings is 2. The van der Waals surface area contributed by atoms with E-state index in [1.807, 2.05) is 30.3 Å². The van der Waals surface area contributed by atoms with Gasteiger partial charge in [-0.2, -0.15) is 5.26 Å². The van der Waals surface area contributed by atoms with E-state index in [2.05, 4.69) is 0 Å². The van der Waals surface area contributed by atoms with Crippen molar-refractivity contribution in [3.05, 3.63) is 53.8 Å². The first-order chi connectivity index (χ1) is 8.76. The highest BCUT2D eigenvalue weighted by atomic mass is 19.1. The largest absolute Gasteiger partial charge is 0.496 e. The van der Waals surface area contributed by atoms with Gasteiger partial charge in [0.1, 0.15) is 11.6 Å². The number of nitriles is 1. The van der Waals surface area contributed by atoms with Crippen molar-refractivity contribution in [1.29, 1.82) is 5.26 Å². The molecule has 2 nitrogen and oxygen atoms in total. The second-order valence-corrected chi connectivity index (χ2v) is 3.84. The van der Waals surface area contributed by atoms with Gasteiger partial charge in [0.15, 0.2) is 0 Å². The smallest absolute Gasteiger partial charge is 0.128 e. The summed E-state index contributed by atoms with van der Waals surface area (Å²) in [5.74, 6) is 0.338. The molecule has 0 saturated carbocycles. The topological polar surface area (TPSA) is 33.0 Å². The number of hydrogen-bond donors (Lipinski definition) is 0. The molecule has 0 N–H and O–H groups in total. The minimum absolute atomic E-state index is 0.0814. The van der Waals surface area contributed by atoms with Crippen LogP contribution in [0.15, 0.2) is 42.5 Å². The molecular formula is C15H12FNO. The number of methoxy groups -OCH3 is 1. The first-order valence-electron chi connectivity index (χ1n) is 5.55. The number of hydrogen-bond acceptors (Lipinski definition) is 2. The SMILES string of the molecule is COc1ccccc1-c1ccc(CC#N)c(F)c1. The zero-order chi connectivity index (χ0) is 13.0. The summed E-state index contributed by atoms with van der Waals surface area (Å²) in [4.78, 5) is 0. The van der Waals surface area contributed by atoms with Crippen molar-refractivity contribution in [2.45, 2.75) is 6.42 Å². The molecule has 2 aromatic carbocycles. The summed E-state index contributed by atoms with van der Waals surface area (Å²) < 4.78 is 19.0. The Morgan fingerprint density at radius 2 is 2.00 bits per heavy atom. The predicted octanol–water partition coefficient (Wildman–Crippen LogP) is 3.57. The van der Waals surface area contributed by atoms with Gasteiger partial charge in [-0.15, -0.1) is 0 Å². The van der Waals surface area contributed by atoms with Gasteiger partial charge >= 0.3 is 0 Å². The van der Waals surface area contributed by atoms with Gasteiger partial charge < -0.3 is 4.74 Å². The summed E-state index contributed by atoms with van der Waals surface area (Å²) in [6, 6.07) is 14.3. The van der Waals surface area contributed by atoms with Crippen LogP contribution in [0.2, 0.25) is 0 Å². The van der Waals surface area contributed by atoms with Gasteiger partial charge in [0, 0.05) is 11.1 Å². The zero-order valence-corrected chi connectivity index (χ0v) is 9.98. The maximum Gasteiger partial charge on any atom is 0.128 e. The van der Waals surface area contributed by atoms with Crippen molar-refractivity contribution in [2.24, 2.45) is 0 Å². The Labute approximate surface area is 105 Å². The highest BCUT2D eigenvalue weighted by Crippen LogP contribution is 2.30. The third-order valence-electron chi connectivity index (χ3n) is 2.74. The molecule has 0 spiro atoms. The lowest BCUT2D eigenvalue weighted by molar-refractivity contribution is 0.416. The number of nitrogens with zero attached hydrogens (tertiary/aromatic N) is 1. The molecule has 0 radical (unpaired) electrons. The van der Waals surface area contributed by atoms with E-state index < -0.39 is 0 Å². The maximum atomic E-state index is 13.8. The molecule has 0 bridgehead atoms. The van der Waals surface area contributed by atoms with Crippen LogP contribution in [0, 0.1) is 17.1 Å². The van der Waals surface area contributed by atoms with Gasteiger partial charge in [0.05, 0.1) is 19.6 Å². The summed E-state index contributed by atoms with van der Waals surface area (Å²) in [6.45, 7) is 0. The van der Waals surface area contributed by atoms with Crippen molar-refractivity contribution in [1.82, 2.24) is 0 Å². The quantitative estimate of drug-likeness (QED) is 0.823. The lowest BCUT2D eigenvalue weighted by atomic mass is 10.0. The molecular weight excluding hydrogens is 229 g/mol. The number of para-hydroxylation sites is 1. The van der Waals surface area contributed by atoms with Crippen LogP contribution in [-0.4, -0.2) is 7.11 Å². The van der Waals surface area contributed by atoms with Crippen LogP contribution < -0.4 is 4.74 Å². The molecule has 0 fully saturated rings. The van der Waals surface area contributed by atoms with E-state index in [1.165, 1.54) is 6.07 Å². The molecule has 0 aliphatic heterocycles. The van der Waals surface area contributed by atoms with Gasteiger partial charge in [-0.25, -0.2) is 4.39 Å². The highest BCUT2D eigenvalue weighted by Gasteiger charge is 2.08. The van der Waals surface area contributed by atoms with Crippen molar-refractivity contribution >= 4 is 0 Å². The predicted molar refractivity (Wildman–Crippen MR) is 67.7 cm³/mol. The third kappa shape index (κ3) is 2.33. The average Bonchev–Trinajstić information content (AvgIpc) is 2.41. The zero-order valence-electron chi connectivity index (χ0n) is 9.98. The third-order valence-corrected chi connectivity index (χ3v) is 2.74. The van der Waals surface area contributed by atoms with E-state index in [4.69, 9.17) is 10.00 Å². The number of ether oxygens (including phenoxy) is 1. The first kappa shape index (κ1) is 12.1. The van der Waals surface area contributed by atoms with Crippen LogP contribution >= 0.6 is 0 Å².